The summed E-state index contributed by atoms with van der Waals surface area (Å²) in [7, 11) is 1.69. The van der Waals surface area contributed by atoms with Gasteiger partial charge in [-0.2, -0.15) is 32.1 Å². The van der Waals surface area contributed by atoms with Crippen molar-refractivity contribution < 1.29 is 14.2 Å². The van der Waals surface area contributed by atoms with Gasteiger partial charge in [-0.25, -0.2) is 4.68 Å². The highest BCUT2D eigenvalue weighted by atomic mass is 35.5. The molecule has 1 unspecified atom stereocenters. The highest BCUT2D eigenvalue weighted by molar-refractivity contribution is 7.59. The Bertz CT molecular complexity index is 1080. The molecule has 2 aromatic carbocycles. The Morgan fingerprint density at radius 1 is 0.970 bits per heavy atom. The second-order valence-electron chi connectivity index (χ2n) is 8.53. The number of nitrogens with zero attached hydrogens (tertiary/aromatic N) is 2. The summed E-state index contributed by atoms with van der Waals surface area (Å²) < 4.78 is 20.0. The molecule has 178 valence electrons. The molecular weight excluding hydrogens is 476 g/mol. The first kappa shape index (κ1) is 26.0. The van der Waals surface area contributed by atoms with E-state index in [1.54, 1.807) is 7.11 Å². The Morgan fingerprint density at radius 3 is 2.30 bits per heavy atom. The van der Waals surface area contributed by atoms with Gasteiger partial charge in [0.25, 0.3) is 0 Å². The number of hydrogen-bond acceptors (Lipinski definition) is 4. The molecule has 1 fully saturated rings. The second-order valence-corrected chi connectivity index (χ2v) is 8.97. The van der Waals surface area contributed by atoms with E-state index in [2.05, 4.69) is 26.0 Å². The van der Waals surface area contributed by atoms with Crippen molar-refractivity contribution in [2.24, 2.45) is 5.92 Å². The van der Waals surface area contributed by atoms with Gasteiger partial charge in [0, 0.05) is 22.1 Å². The molecule has 0 bridgehead atoms. The first-order chi connectivity index (χ1) is 15.0. The van der Waals surface area contributed by atoms with Crippen molar-refractivity contribution in [3.05, 3.63) is 64.8 Å². The minimum atomic E-state index is -0.189. The van der Waals surface area contributed by atoms with Crippen molar-refractivity contribution in [3.63, 3.8) is 0 Å². The van der Waals surface area contributed by atoms with Crippen LogP contribution < -0.4 is 4.74 Å². The van der Waals surface area contributed by atoms with Crippen molar-refractivity contribution in [1.82, 2.24) is 9.78 Å². The van der Waals surface area contributed by atoms with E-state index < -0.39 is 0 Å². The molecule has 3 atom stereocenters. The van der Waals surface area contributed by atoms with Crippen molar-refractivity contribution >= 4 is 38.6 Å². The number of methoxy groups -OCH3 is 1. The molecule has 0 amide bonds. The maximum Gasteiger partial charge on any atom is 0.161 e. The molecule has 2 aliphatic rings. The second kappa shape index (κ2) is 10.7. The average molecular weight is 507 g/mol. The molecule has 0 radical (unpaired) electrons. The zero-order chi connectivity index (χ0) is 21.5. The van der Waals surface area contributed by atoms with Crippen LogP contribution in [0.3, 0.4) is 0 Å². The molecule has 1 aromatic heterocycles. The van der Waals surface area contributed by atoms with Crippen molar-refractivity contribution in [2.75, 3.05) is 7.11 Å². The van der Waals surface area contributed by atoms with Gasteiger partial charge in [-0.3, -0.25) is 0 Å². The van der Waals surface area contributed by atoms with Crippen LogP contribution in [-0.4, -0.2) is 35.4 Å². The maximum atomic E-state index is 6.17. The summed E-state index contributed by atoms with van der Waals surface area (Å²) in [6.07, 6.45) is 2.88. The van der Waals surface area contributed by atoms with Gasteiger partial charge in [0.2, 0.25) is 0 Å². The SMILES string of the molecule is COc1ccccc1-n1nc2c(c1-c1ccc(Cl)cc1)CC(C1O[C@@H](C)C[C@H](C)O1)C2.S.S. The summed E-state index contributed by atoms with van der Waals surface area (Å²) in [5.74, 6) is 1.05. The quantitative estimate of drug-likeness (QED) is 0.456. The standard InChI is InChI=1S/C25H27ClN2O3.2H2S/c1-15-12-16(2)31-25(30-15)18-13-20-21(14-18)27-28(22-6-4-5-7-23(22)29-3)24(20)17-8-10-19(26)11-9-17;;/h4-11,15-16,18,25H,12-14H2,1-3H3;2*1H2/t15-,16-,18?;;/m0../s1. The van der Waals surface area contributed by atoms with Crippen LogP contribution in [0.1, 0.15) is 31.5 Å². The van der Waals surface area contributed by atoms with Crippen molar-refractivity contribution in [3.8, 4) is 22.7 Å². The van der Waals surface area contributed by atoms with E-state index in [1.165, 1.54) is 5.56 Å². The molecule has 33 heavy (non-hydrogen) atoms. The Labute approximate surface area is 214 Å². The number of halogens is 1. The number of ether oxygens (including phenoxy) is 3. The largest absolute Gasteiger partial charge is 0.494 e. The first-order valence-electron chi connectivity index (χ1n) is 10.8. The third kappa shape index (κ3) is 5.08. The fourth-order valence-corrected chi connectivity index (χ4v) is 4.95. The Kier molecular flexibility index (Phi) is 8.45. The van der Waals surface area contributed by atoms with Crippen LogP contribution in [0.5, 0.6) is 5.75 Å². The minimum Gasteiger partial charge on any atom is -0.494 e. The lowest BCUT2D eigenvalue weighted by atomic mass is 10.0. The van der Waals surface area contributed by atoms with Crippen LogP contribution >= 0.6 is 38.6 Å². The predicted octanol–water partition coefficient (Wildman–Crippen LogP) is 5.68. The molecule has 1 aliphatic heterocycles. The lowest BCUT2D eigenvalue weighted by Gasteiger charge is -2.35. The topological polar surface area (TPSA) is 45.5 Å². The van der Waals surface area contributed by atoms with Crippen molar-refractivity contribution in [2.45, 2.75) is 51.6 Å². The molecule has 8 heteroatoms. The van der Waals surface area contributed by atoms with E-state index in [-0.39, 0.29) is 51.4 Å². The molecule has 3 aromatic rings. The van der Waals surface area contributed by atoms with Gasteiger partial charge in [0.15, 0.2) is 6.29 Å². The van der Waals surface area contributed by atoms with E-state index in [9.17, 15) is 0 Å². The lowest BCUT2D eigenvalue weighted by Crippen LogP contribution is -2.40. The van der Waals surface area contributed by atoms with Gasteiger partial charge in [-0.15, -0.1) is 0 Å². The van der Waals surface area contributed by atoms with Gasteiger partial charge in [-0.1, -0.05) is 35.9 Å². The number of aromatic nitrogens is 2. The number of rotatable bonds is 4. The molecule has 0 N–H and O–H groups in total. The monoisotopic (exact) mass is 506 g/mol. The van der Waals surface area contributed by atoms with E-state index in [1.807, 2.05) is 41.1 Å². The zero-order valence-corrected chi connectivity index (χ0v) is 21.8. The molecule has 5 nitrogen and oxygen atoms in total. The van der Waals surface area contributed by atoms with Crippen LogP contribution in [-0.2, 0) is 22.3 Å². The zero-order valence-electron chi connectivity index (χ0n) is 19.0. The summed E-state index contributed by atoms with van der Waals surface area (Å²) in [6, 6.07) is 15.9. The highest BCUT2D eigenvalue weighted by Gasteiger charge is 2.39. The van der Waals surface area contributed by atoms with Gasteiger partial charge in [-0.05, 0) is 57.4 Å². The minimum absolute atomic E-state index is 0. The van der Waals surface area contributed by atoms with Gasteiger partial charge < -0.3 is 14.2 Å². The van der Waals surface area contributed by atoms with Crippen LogP contribution in [0.2, 0.25) is 5.02 Å². The lowest BCUT2D eigenvalue weighted by molar-refractivity contribution is -0.254. The summed E-state index contributed by atoms with van der Waals surface area (Å²) in [6.45, 7) is 4.25. The summed E-state index contributed by atoms with van der Waals surface area (Å²) in [4.78, 5) is 0. The van der Waals surface area contributed by atoms with E-state index in [4.69, 9.17) is 30.9 Å². The number of fused-ring (bicyclic) bond motifs is 1. The van der Waals surface area contributed by atoms with Crippen LogP contribution in [0.15, 0.2) is 48.5 Å². The third-order valence-electron chi connectivity index (χ3n) is 6.20. The molecule has 1 aliphatic carbocycles. The molecule has 2 heterocycles. The molecular formula is C25H31ClN2O3S2. The van der Waals surface area contributed by atoms with E-state index in [0.29, 0.717) is 5.02 Å². The highest BCUT2D eigenvalue weighted by Crippen LogP contribution is 2.41. The number of para-hydroxylation sites is 2. The summed E-state index contributed by atoms with van der Waals surface area (Å²) in [5, 5.41) is 5.76. The molecule has 5 rings (SSSR count). The average Bonchev–Trinajstić information content (AvgIpc) is 3.32. The summed E-state index contributed by atoms with van der Waals surface area (Å²) >= 11 is 6.17. The normalized spacial score (nSPS) is 23.9. The van der Waals surface area contributed by atoms with E-state index >= 15 is 0 Å². The smallest absolute Gasteiger partial charge is 0.161 e. The van der Waals surface area contributed by atoms with Gasteiger partial charge >= 0.3 is 0 Å². The van der Waals surface area contributed by atoms with Crippen LogP contribution in [0, 0.1) is 5.92 Å². The fourth-order valence-electron chi connectivity index (χ4n) is 4.82. The fraction of sp³-hybridized carbons (Fsp3) is 0.400. The Hall–Kier alpha value is -1.64. The number of benzene rings is 2. The third-order valence-corrected chi connectivity index (χ3v) is 6.45. The van der Waals surface area contributed by atoms with Gasteiger partial charge in [0.05, 0.1) is 30.7 Å². The van der Waals surface area contributed by atoms with Crippen LogP contribution in [0.4, 0.5) is 0 Å². The van der Waals surface area contributed by atoms with E-state index in [0.717, 1.165) is 47.7 Å². The molecule has 0 saturated carbocycles. The Balaban J connectivity index is 0.00000153. The van der Waals surface area contributed by atoms with Gasteiger partial charge in [0.1, 0.15) is 11.4 Å². The number of hydrogen-bond donors (Lipinski definition) is 0. The first-order valence-corrected chi connectivity index (χ1v) is 11.2. The molecule has 1 saturated heterocycles. The summed E-state index contributed by atoms with van der Waals surface area (Å²) in [5.41, 5.74) is 5.43. The molecule has 0 spiro atoms. The maximum absolute atomic E-state index is 6.17. The van der Waals surface area contributed by atoms with Crippen LogP contribution in [0.25, 0.3) is 16.9 Å². The predicted molar refractivity (Wildman–Crippen MR) is 142 cm³/mol. The van der Waals surface area contributed by atoms with Crippen molar-refractivity contribution in [1.29, 1.82) is 0 Å². The Morgan fingerprint density at radius 2 is 1.64 bits per heavy atom.